The van der Waals surface area contributed by atoms with Crippen molar-refractivity contribution in [1.29, 1.82) is 0 Å². The molecule has 1 N–H and O–H groups in total. The van der Waals surface area contributed by atoms with Crippen LogP contribution in [0.25, 0.3) is 16.4 Å². The number of ether oxygens (including phenoxy) is 2. The van der Waals surface area contributed by atoms with Crippen LogP contribution < -0.4 is 9.47 Å². The minimum absolute atomic E-state index is 0.00139. The maximum absolute atomic E-state index is 14.9. The number of carbonyl (C=O) groups is 1. The first-order valence-electron chi connectivity index (χ1n) is 9.23. The highest BCUT2D eigenvalue weighted by atomic mass is 32.2. The van der Waals surface area contributed by atoms with Crippen LogP contribution in [0.15, 0.2) is 30.7 Å². The average molecular weight is 446 g/mol. The number of sulfone groups is 1. The fourth-order valence-corrected chi connectivity index (χ4v) is 3.96. The SMILES string of the molecule is Cc1cc2c(F)c(Oc3ncnn4cc(OCC(=O)CS(C)(=O)=O)c(C)c34)ccc2[nH]1. The van der Waals surface area contributed by atoms with Gasteiger partial charge in [0.2, 0.25) is 5.88 Å². The topological polar surface area (TPSA) is 116 Å². The third-order valence-electron chi connectivity index (χ3n) is 4.60. The zero-order chi connectivity index (χ0) is 22.3. The van der Waals surface area contributed by atoms with E-state index in [9.17, 15) is 17.6 Å². The molecule has 4 rings (SSSR count). The van der Waals surface area contributed by atoms with Crippen LogP contribution in [0.5, 0.6) is 17.4 Å². The molecule has 0 radical (unpaired) electrons. The van der Waals surface area contributed by atoms with Gasteiger partial charge in [-0.1, -0.05) is 0 Å². The number of hydrogen-bond donors (Lipinski definition) is 1. The van der Waals surface area contributed by atoms with E-state index in [0.717, 1.165) is 11.9 Å². The van der Waals surface area contributed by atoms with Gasteiger partial charge in [-0.3, -0.25) is 4.79 Å². The number of benzene rings is 1. The molecule has 0 aliphatic carbocycles. The minimum atomic E-state index is -3.44. The quantitative estimate of drug-likeness (QED) is 0.464. The Morgan fingerprint density at radius 3 is 2.77 bits per heavy atom. The van der Waals surface area contributed by atoms with E-state index in [2.05, 4.69) is 15.1 Å². The van der Waals surface area contributed by atoms with Crippen LogP contribution in [0.4, 0.5) is 4.39 Å². The minimum Gasteiger partial charge on any atom is -0.484 e. The number of fused-ring (bicyclic) bond motifs is 2. The number of aromatic amines is 1. The summed E-state index contributed by atoms with van der Waals surface area (Å²) in [6.07, 6.45) is 3.74. The summed E-state index contributed by atoms with van der Waals surface area (Å²) in [6, 6.07) is 4.91. The molecule has 0 aliphatic heterocycles. The Hall–Kier alpha value is -3.47. The van der Waals surface area contributed by atoms with Crippen LogP contribution in [-0.2, 0) is 14.6 Å². The van der Waals surface area contributed by atoms with Crippen molar-refractivity contribution in [2.24, 2.45) is 0 Å². The number of nitrogens with one attached hydrogen (secondary N) is 1. The van der Waals surface area contributed by atoms with Crippen LogP contribution >= 0.6 is 0 Å². The molecule has 0 atom stereocenters. The number of carbonyl (C=O) groups excluding carboxylic acids is 1. The molecular weight excluding hydrogens is 427 g/mol. The first kappa shape index (κ1) is 20.8. The molecule has 1 aromatic carbocycles. The highest BCUT2D eigenvalue weighted by Crippen LogP contribution is 2.34. The Morgan fingerprint density at radius 1 is 1.26 bits per heavy atom. The number of Topliss-reactive ketones (excluding diaryl/α,β-unsaturated/α-hetero) is 1. The summed E-state index contributed by atoms with van der Waals surface area (Å²) in [6.45, 7) is 3.13. The Labute approximate surface area is 176 Å². The normalized spacial score (nSPS) is 11.9. The zero-order valence-electron chi connectivity index (χ0n) is 17.0. The Balaban J connectivity index is 1.64. The van der Waals surface area contributed by atoms with Gasteiger partial charge in [0.1, 0.15) is 30.0 Å². The molecule has 0 bridgehead atoms. The smallest absolute Gasteiger partial charge is 0.247 e. The number of ketones is 1. The van der Waals surface area contributed by atoms with E-state index in [1.807, 2.05) is 6.92 Å². The number of hydrogen-bond acceptors (Lipinski definition) is 7. The van der Waals surface area contributed by atoms with Gasteiger partial charge in [0.15, 0.2) is 27.2 Å². The van der Waals surface area contributed by atoms with Crippen LogP contribution in [0.1, 0.15) is 11.3 Å². The standard InChI is InChI=1S/C20H19FN4O5S/c1-11-6-14-15(24-11)4-5-16(18(14)21)30-20-19-12(2)17(7-25(19)23-10-22-20)29-8-13(26)9-31(3,27)28/h4-7,10,24H,8-9H2,1-3H3. The van der Waals surface area contributed by atoms with Gasteiger partial charge in [-0.25, -0.2) is 17.3 Å². The van der Waals surface area contributed by atoms with Crippen LogP contribution in [0.3, 0.4) is 0 Å². The number of halogens is 1. The van der Waals surface area contributed by atoms with Gasteiger partial charge in [-0.2, -0.15) is 10.1 Å². The number of H-pyrrole nitrogens is 1. The summed E-state index contributed by atoms with van der Waals surface area (Å²) < 4.78 is 50.1. The zero-order valence-corrected chi connectivity index (χ0v) is 17.8. The third kappa shape index (κ3) is 4.22. The molecule has 0 spiro atoms. The first-order chi connectivity index (χ1) is 14.6. The number of nitrogens with zero attached hydrogens (tertiary/aromatic N) is 3. The molecular formula is C20H19FN4O5S. The largest absolute Gasteiger partial charge is 0.484 e. The van der Waals surface area contributed by atoms with Crippen molar-refractivity contribution in [3.05, 3.63) is 47.8 Å². The molecule has 0 fully saturated rings. The Morgan fingerprint density at radius 2 is 2.03 bits per heavy atom. The fourth-order valence-electron chi connectivity index (χ4n) is 3.29. The molecule has 3 aromatic heterocycles. The second-order valence-corrected chi connectivity index (χ2v) is 9.41. The molecule has 0 amide bonds. The fraction of sp³-hybridized carbons (Fsp3) is 0.250. The molecule has 0 saturated carbocycles. The summed E-state index contributed by atoms with van der Waals surface area (Å²) in [5, 5.41) is 4.50. The third-order valence-corrected chi connectivity index (χ3v) is 5.45. The van der Waals surface area contributed by atoms with Crippen molar-refractivity contribution in [1.82, 2.24) is 19.6 Å². The molecule has 9 nitrogen and oxygen atoms in total. The van der Waals surface area contributed by atoms with Crippen molar-refractivity contribution < 1.29 is 27.1 Å². The van der Waals surface area contributed by atoms with E-state index in [4.69, 9.17) is 9.47 Å². The number of aryl methyl sites for hydroxylation is 2. The summed E-state index contributed by atoms with van der Waals surface area (Å²) in [5.41, 5.74) is 2.47. The van der Waals surface area contributed by atoms with E-state index in [1.54, 1.807) is 19.1 Å². The average Bonchev–Trinajstić information content (AvgIpc) is 3.21. The van der Waals surface area contributed by atoms with Gasteiger partial charge in [-0.15, -0.1) is 0 Å². The van der Waals surface area contributed by atoms with Gasteiger partial charge in [-0.05, 0) is 32.0 Å². The van der Waals surface area contributed by atoms with E-state index in [-0.39, 0.29) is 11.6 Å². The van der Waals surface area contributed by atoms with E-state index in [0.29, 0.717) is 27.7 Å². The predicted octanol–water partition coefficient (Wildman–Crippen LogP) is 2.75. The van der Waals surface area contributed by atoms with Gasteiger partial charge in [0, 0.05) is 28.4 Å². The second-order valence-electron chi connectivity index (χ2n) is 7.27. The van der Waals surface area contributed by atoms with E-state index in [1.165, 1.54) is 23.1 Å². The van der Waals surface area contributed by atoms with Crippen molar-refractivity contribution >= 4 is 32.0 Å². The van der Waals surface area contributed by atoms with Crippen molar-refractivity contribution in [2.45, 2.75) is 13.8 Å². The van der Waals surface area contributed by atoms with Crippen LogP contribution in [-0.4, -0.2) is 52.4 Å². The van der Waals surface area contributed by atoms with E-state index < -0.39 is 33.8 Å². The molecule has 4 aromatic rings. The Bertz CT molecular complexity index is 1420. The van der Waals surface area contributed by atoms with Crippen molar-refractivity contribution in [3.63, 3.8) is 0 Å². The number of rotatable bonds is 7. The summed E-state index contributed by atoms with van der Waals surface area (Å²) >= 11 is 0. The highest BCUT2D eigenvalue weighted by molar-refractivity contribution is 7.91. The first-order valence-corrected chi connectivity index (χ1v) is 11.3. The van der Waals surface area contributed by atoms with Crippen LogP contribution in [0, 0.1) is 19.7 Å². The maximum atomic E-state index is 14.9. The van der Waals surface area contributed by atoms with Gasteiger partial charge in [0.05, 0.1) is 6.20 Å². The van der Waals surface area contributed by atoms with Crippen LogP contribution in [0.2, 0.25) is 0 Å². The summed E-state index contributed by atoms with van der Waals surface area (Å²) in [7, 11) is -3.44. The van der Waals surface area contributed by atoms with Crippen molar-refractivity contribution in [3.8, 4) is 17.4 Å². The van der Waals surface area contributed by atoms with Crippen molar-refractivity contribution in [2.75, 3.05) is 18.6 Å². The monoisotopic (exact) mass is 446 g/mol. The summed E-state index contributed by atoms with van der Waals surface area (Å²) in [4.78, 5) is 19.0. The second kappa shape index (κ2) is 7.65. The molecule has 31 heavy (non-hydrogen) atoms. The lowest BCUT2D eigenvalue weighted by molar-refractivity contribution is -0.118. The summed E-state index contributed by atoms with van der Waals surface area (Å²) in [5.74, 6) is -1.28. The molecule has 0 aliphatic rings. The van der Waals surface area contributed by atoms with Gasteiger partial charge >= 0.3 is 0 Å². The molecule has 3 heterocycles. The Kier molecular flexibility index (Phi) is 5.13. The molecule has 0 saturated heterocycles. The van der Waals surface area contributed by atoms with Gasteiger partial charge < -0.3 is 14.5 Å². The molecule has 11 heteroatoms. The lowest BCUT2D eigenvalue weighted by atomic mass is 10.2. The molecule has 162 valence electrons. The molecule has 0 unspecified atom stereocenters. The van der Waals surface area contributed by atoms with E-state index >= 15 is 0 Å². The maximum Gasteiger partial charge on any atom is 0.247 e. The number of aromatic nitrogens is 4. The lowest BCUT2D eigenvalue weighted by Gasteiger charge is -2.08. The van der Waals surface area contributed by atoms with Gasteiger partial charge in [0.25, 0.3) is 0 Å². The predicted molar refractivity (Wildman–Crippen MR) is 111 cm³/mol. The lowest BCUT2D eigenvalue weighted by Crippen LogP contribution is -2.20. The highest BCUT2D eigenvalue weighted by Gasteiger charge is 2.19.